The lowest BCUT2D eigenvalue weighted by Crippen LogP contribution is -2.52. The van der Waals surface area contributed by atoms with Crippen molar-refractivity contribution in [2.24, 2.45) is 0 Å². The third kappa shape index (κ3) is 7.38. The Kier molecular flexibility index (Phi) is 10.3. The van der Waals surface area contributed by atoms with Gasteiger partial charge in [0.05, 0.1) is 0 Å². The molecule has 2 amide bonds. The van der Waals surface area contributed by atoms with Crippen molar-refractivity contribution in [3.8, 4) is 17.2 Å². The maximum Gasteiger partial charge on any atom is 0.407 e. The van der Waals surface area contributed by atoms with E-state index in [-0.39, 0.29) is 33.7 Å². The van der Waals surface area contributed by atoms with E-state index < -0.39 is 24.1 Å². The summed E-state index contributed by atoms with van der Waals surface area (Å²) in [7, 11) is -0.372. The van der Waals surface area contributed by atoms with Crippen LogP contribution in [0.4, 0.5) is 4.79 Å². The van der Waals surface area contributed by atoms with Crippen molar-refractivity contribution in [1.82, 2.24) is 10.6 Å². The van der Waals surface area contributed by atoms with Crippen LogP contribution in [-0.2, 0) is 20.1 Å². The molecular weight excluding hydrogens is 579 g/mol. The summed E-state index contributed by atoms with van der Waals surface area (Å²) in [6, 6.07) is 26.4. The van der Waals surface area contributed by atoms with Crippen LogP contribution in [0.2, 0.25) is 0 Å². The summed E-state index contributed by atoms with van der Waals surface area (Å²) in [5.74, 6) is 1.75. The summed E-state index contributed by atoms with van der Waals surface area (Å²) in [5, 5.41) is 15.3. The molecule has 1 aliphatic heterocycles. The first-order valence-corrected chi connectivity index (χ1v) is 17.2. The number of alkyl carbamates (subject to hydrolysis) is 1. The normalized spacial score (nSPS) is 15.4. The Labute approximate surface area is 259 Å². The van der Waals surface area contributed by atoms with Crippen LogP contribution in [0.15, 0.2) is 78.9 Å². The Morgan fingerprint density at radius 2 is 1.53 bits per heavy atom. The Bertz CT molecular complexity index is 1510. The van der Waals surface area contributed by atoms with Crippen LogP contribution in [0.3, 0.4) is 0 Å². The molecule has 43 heavy (non-hydrogen) atoms. The zero-order valence-electron chi connectivity index (χ0n) is 24.1. The fourth-order valence-corrected chi connectivity index (χ4v) is 8.80. The van der Waals surface area contributed by atoms with Crippen molar-refractivity contribution in [1.29, 1.82) is 5.26 Å². The van der Waals surface area contributed by atoms with Crippen LogP contribution in [0, 0.1) is 11.3 Å². The van der Waals surface area contributed by atoms with Crippen LogP contribution in [0.5, 0.6) is 0 Å². The molecule has 0 saturated carbocycles. The number of thioether (sulfide) groups is 1. The predicted molar refractivity (Wildman–Crippen MR) is 174 cm³/mol. The molecule has 3 aromatic carbocycles. The molecule has 1 fully saturated rings. The number of benzene rings is 3. The second-order valence-corrected chi connectivity index (χ2v) is 13.9. The van der Waals surface area contributed by atoms with E-state index in [1.165, 1.54) is 11.8 Å². The number of carbonyl (C=O) groups is 3. The van der Waals surface area contributed by atoms with Gasteiger partial charge in [-0.2, -0.15) is 27.5 Å². The summed E-state index contributed by atoms with van der Waals surface area (Å²) < 4.78 is 5.60. The highest BCUT2D eigenvalue weighted by Gasteiger charge is 2.31. The number of nitriles is 1. The average Bonchev–Trinajstić information content (AvgIpc) is 3.67. The quantitative estimate of drug-likeness (QED) is 0.270. The van der Waals surface area contributed by atoms with Crippen molar-refractivity contribution in [3.05, 3.63) is 95.6 Å². The Morgan fingerprint density at radius 3 is 2.16 bits per heavy atom. The molecule has 1 heterocycles. The van der Waals surface area contributed by atoms with Crippen molar-refractivity contribution in [2.45, 2.75) is 43.5 Å². The van der Waals surface area contributed by atoms with E-state index >= 15 is 0 Å². The van der Waals surface area contributed by atoms with Gasteiger partial charge < -0.3 is 15.4 Å². The van der Waals surface area contributed by atoms with Gasteiger partial charge in [0.1, 0.15) is 29.6 Å². The molecule has 222 valence electrons. The summed E-state index contributed by atoms with van der Waals surface area (Å²) in [6.07, 6.45) is 1.30. The fourth-order valence-electron chi connectivity index (χ4n) is 5.51. The molecule has 9 heteroatoms. The van der Waals surface area contributed by atoms with E-state index in [1.807, 2.05) is 66.7 Å². The summed E-state index contributed by atoms with van der Waals surface area (Å²) in [6.45, 7) is 1.69. The highest BCUT2D eigenvalue weighted by molar-refractivity contribution is 8.17. The number of nitrogens with zero attached hydrogens (tertiary/aromatic N) is 1. The Morgan fingerprint density at radius 1 is 0.930 bits per heavy atom. The number of ether oxygens (including phenoxy) is 1. The fraction of sp³-hybridized carbons (Fsp3) is 0.324. The molecular formula is C34H35N3O4S2. The number of nitrogens with one attached hydrogen (secondary N) is 2. The van der Waals surface area contributed by atoms with Gasteiger partial charge in [-0.1, -0.05) is 78.9 Å². The van der Waals surface area contributed by atoms with Gasteiger partial charge in [-0.25, -0.2) is 4.79 Å². The van der Waals surface area contributed by atoms with E-state index in [2.05, 4.69) is 28.8 Å². The van der Waals surface area contributed by atoms with Crippen molar-refractivity contribution in [3.63, 3.8) is 0 Å². The molecule has 0 radical (unpaired) electrons. The number of rotatable bonds is 11. The zero-order valence-corrected chi connectivity index (χ0v) is 25.7. The second kappa shape index (κ2) is 14.5. The van der Waals surface area contributed by atoms with E-state index in [9.17, 15) is 19.6 Å². The van der Waals surface area contributed by atoms with Crippen LogP contribution >= 0.6 is 22.2 Å². The van der Waals surface area contributed by atoms with Crippen LogP contribution < -0.4 is 10.6 Å². The molecule has 0 bridgehead atoms. The highest BCUT2D eigenvalue weighted by atomic mass is 32.2. The van der Waals surface area contributed by atoms with Gasteiger partial charge in [0.15, 0.2) is 0 Å². The first-order chi connectivity index (χ1) is 21.0. The third-order valence-electron chi connectivity index (χ3n) is 7.75. The first-order valence-electron chi connectivity index (χ1n) is 14.5. The molecule has 3 aromatic rings. The number of ketones is 1. The lowest BCUT2D eigenvalue weighted by molar-refractivity contribution is -0.126. The Hall–Kier alpha value is -3.87. The van der Waals surface area contributed by atoms with E-state index in [1.54, 1.807) is 6.92 Å². The largest absolute Gasteiger partial charge is 0.449 e. The molecule has 0 unspecified atom stereocenters. The molecule has 1 saturated heterocycles. The second-order valence-electron chi connectivity index (χ2n) is 10.7. The minimum absolute atomic E-state index is 0.0951. The molecule has 7 nitrogen and oxygen atoms in total. The smallest absolute Gasteiger partial charge is 0.407 e. The molecule has 2 N–H and O–H groups in total. The summed E-state index contributed by atoms with van der Waals surface area (Å²) in [4.78, 5) is 39.8. The predicted octanol–water partition coefficient (Wildman–Crippen LogP) is 5.66. The highest BCUT2D eigenvalue weighted by Crippen LogP contribution is 2.44. The molecule has 1 aliphatic carbocycles. The van der Waals surface area contributed by atoms with E-state index in [4.69, 9.17) is 4.74 Å². The lowest BCUT2D eigenvalue weighted by atomic mass is 9.98. The number of hydrogen-bond acceptors (Lipinski definition) is 6. The van der Waals surface area contributed by atoms with Crippen molar-refractivity contribution in [2.75, 3.05) is 23.9 Å². The average molecular weight is 614 g/mol. The van der Waals surface area contributed by atoms with Crippen molar-refractivity contribution >= 4 is 44.9 Å². The van der Waals surface area contributed by atoms with Crippen molar-refractivity contribution < 1.29 is 19.1 Å². The third-order valence-corrected chi connectivity index (χ3v) is 11.3. The minimum Gasteiger partial charge on any atom is -0.449 e. The van der Waals surface area contributed by atoms with E-state index in [0.717, 1.165) is 52.2 Å². The number of amides is 2. The SMILES string of the molecule is C[C@@H](NC(=O)OCC1c2ccccc2-c2ccccc21)C(=O)N[C@@H](CSCc1ccccc1)C(=O)C(C#N)=S1CCCC1. The monoisotopic (exact) mass is 613 g/mol. The number of Topliss-reactive ketones (excluding diaryl/α,β-unsaturated/α-hetero) is 1. The molecule has 2 atom stereocenters. The zero-order chi connectivity index (χ0) is 30.2. The van der Waals surface area contributed by atoms with Gasteiger partial charge in [0, 0.05) is 17.4 Å². The number of carbonyl (C=O) groups excluding carboxylic acids is 3. The van der Waals surface area contributed by atoms with Gasteiger partial charge in [0.25, 0.3) is 0 Å². The van der Waals surface area contributed by atoms with Crippen LogP contribution in [0.25, 0.3) is 11.1 Å². The molecule has 0 aromatic heterocycles. The van der Waals surface area contributed by atoms with Gasteiger partial charge in [0.2, 0.25) is 11.7 Å². The number of hydrogen-bond donors (Lipinski definition) is 2. The Balaban J connectivity index is 1.20. The van der Waals surface area contributed by atoms with Gasteiger partial charge in [-0.3, -0.25) is 9.59 Å². The molecule has 2 aliphatic rings. The number of fused-ring (bicyclic) bond motifs is 3. The topological polar surface area (TPSA) is 108 Å². The first kappa shape index (κ1) is 30.6. The van der Waals surface area contributed by atoms with Gasteiger partial charge in [-0.05, 0) is 59.1 Å². The summed E-state index contributed by atoms with van der Waals surface area (Å²) in [5.41, 5.74) is 5.57. The standard InChI is InChI=1S/C34H35N3O4S2/c1-23(36-34(40)41-20-29-27-15-7-5-13-25(27)26-14-6-8-16-28(26)29)33(39)37-30(22-42-21-24-11-3-2-4-12-24)32(38)31(19-35)43-17-9-10-18-43/h2-8,11-16,23,29-30H,9-10,17-18,20-22H2,1H3,(H,36,40)(H,37,39)/t23-,30+/m1/s1. The maximum atomic E-state index is 13.5. The molecule has 0 spiro atoms. The molecule has 5 rings (SSSR count). The maximum absolute atomic E-state index is 13.5. The summed E-state index contributed by atoms with van der Waals surface area (Å²) >= 11 is 1.52. The lowest BCUT2D eigenvalue weighted by Gasteiger charge is -2.21. The van der Waals surface area contributed by atoms with E-state index in [0.29, 0.717) is 11.5 Å². The van der Waals surface area contributed by atoms with Gasteiger partial charge in [-0.15, -0.1) is 0 Å². The van der Waals surface area contributed by atoms with Gasteiger partial charge >= 0.3 is 6.09 Å². The van der Waals surface area contributed by atoms with Crippen LogP contribution in [-0.4, -0.2) is 58.6 Å². The van der Waals surface area contributed by atoms with Crippen LogP contribution in [0.1, 0.15) is 42.4 Å². The minimum atomic E-state index is -0.940.